The fourth-order valence-corrected chi connectivity index (χ4v) is 6.48. The molecule has 6 aromatic rings. The summed E-state index contributed by atoms with van der Waals surface area (Å²) in [6.07, 6.45) is 1.80. The number of H-pyrrole nitrogens is 1. The maximum absolute atomic E-state index is 13.4. The van der Waals surface area contributed by atoms with Gasteiger partial charge in [-0.1, -0.05) is 60.7 Å². The molecule has 0 unspecified atom stereocenters. The van der Waals surface area contributed by atoms with E-state index in [0.717, 1.165) is 38.5 Å². The zero-order valence-electron chi connectivity index (χ0n) is 25.0. The van der Waals surface area contributed by atoms with Crippen molar-refractivity contribution in [3.63, 3.8) is 0 Å². The molecule has 9 nitrogen and oxygen atoms in total. The predicted octanol–water partition coefficient (Wildman–Crippen LogP) is 5.69. The lowest BCUT2D eigenvalue weighted by Gasteiger charge is -2.20. The number of rotatable bonds is 8. The number of amides is 2. The lowest BCUT2D eigenvalue weighted by atomic mass is 9.92. The quantitative estimate of drug-likeness (QED) is 0.228. The molecule has 2 amide bonds. The van der Waals surface area contributed by atoms with Gasteiger partial charge in [-0.25, -0.2) is 13.4 Å². The molecule has 0 saturated heterocycles. The molecule has 0 aliphatic rings. The third-order valence-electron chi connectivity index (χ3n) is 7.79. The molecule has 2 heterocycles. The molecular weight excluding hydrogens is 586 g/mol. The van der Waals surface area contributed by atoms with E-state index in [2.05, 4.69) is 10.3 Å². The molecule has 6 rings (SSSR count). The molecule has 2 aromatic heterocycles. The molecule has 0 fully saturated rings. The van der Waals surface area contributed by atoms with Gasteiger partial charge in [0.2, 0.25) is 5.91 Å². The molecule has 0 atom stereocenters. The fraction of sp³-hybridized carbons (Fsp3) is 0.114. The van der Waals surface area contributed by atoms with E-state index in [4.69, 9.17) is 4.98 Å². The zero-order chi connectivity index (χ0) is 31.7. The summed E-state index contributed by atoms with van der Waals surface area (Å²) < 4.78 is 28.2. The maximum atomic E-state index is 13.4. The second-order valence-corrected chi connectivity index (χ2v) is 12.8. The third-order valence-corrected chi connectivity index (χ3v) is 9.59. The molecule has 0 spiro atoms. The zero-order valence-corrected chi connectivity index (χ0v) is 25.8. The fourth-order valence-electron chi connectivity index (χ4n) is 5.27. The van der Waals surface area contributed by atoms with E-state index in [9.17, 15) is 18.0 Å². The van der Waals surface area contributed by atoms with Crippen molar-refractivity contribution in [1.82, 2.24) is 20.2 Å². The van der Waals surface area contributed by atoms with Crippen molar-refractivity contribution in [3.05, 3.63) is 115 Å². The molecule has 0 aliphatic carbocycles. The number of nitrogens with one attached hydrogen (secondary N) is 2. The number of hydrogen-bond donors (Lipinski definition) is 2. The first-order valence-electron chi connectivity index (χ1n) is 14.3. The number of aromatic nitrogens is 2. The van der Waals surface area contributed by atoms with Crippen molar-refractivity contribution in [2.75, 3.05) is 32.0 Å². The van der Waals surface area contributed by atoms with Gasteiger partial charge in [0, 0.05) is 60.3 Å². The highest BCUT2D eigenvalue weighted by Crippen LogP contribution is 2.41. The average Bonchev–Trinajstić information content (AvgIpc) is 3.45. The summed E-state index contributed by atoms with van der Waals surface area (Å²) in [5.41, 5.74) is 6.00. The van der Waals surface area contributed by atoms with Crippen LogP contribution in [-0.4, -0.2) is 62.8 Å². The van der Waals surface area contributed by atoms with Crippen LogP contribution < -0.4 is 9.62 Å². The van der Waals surface area contributed by atoms with Crippen LogP contribution in [0.5, 0.6) is 0 Å². The highest BCUT2D eigenvalue weighted by atomic mass is 32.2. The number of carbonyl (C=O) groups excluding carboxylic acids is 2. The van der Waals surface area contributed by atoms with E-state index in [1.54, 1.807) is 75.9 Å². The predicted molar refractivity (Wildman–Crippen MR) is 178 cm³/mol. The van der Waals surface area contributed by atoms with Crippen molar-refractivity contribution in [2.45, 2.75) is 4.90 Å². The van der Waals surface area contributed by atoms with Gasteiger partial charge in [0.1, 0.15) is 5.65 Å². The number of hydrogen-bond acceptors (Lipinski definition) is 5. The van der Waals surface area contributed by atoms with Crippen molar-refractivity contribution in [3.8, 4) is 22.3 Å². The van der Waals surface area contributed by atoms with E-state index in [1.807, 2.05) is 54.6 Å². The topological polar surface area (TPSA) is 115 Å². The van der Waals surface area contributed by atoms with Gasteiger partial charge in [-0.2, -0.15) is 0 Å². The number of likely N-dealkylation sites (N-methyl/N-ethyl adjacent to an activating group) is 1. The summed E-state index contributed by atoms with van der Waals surface area (Å²) in [5, 5.41) is 4.34. The van der Waals surface area contributed by atoms with Crippen molar-refractivity contribution >= 4 is 49.5 Å². The molecule has 0 saturated carbocycles. The Morgan fingerprint density at radius 2 is 1.49 bits per heavy atom. The van der Waals surface area contributed by atoms with E-state index in [-0.39, 0.29) is 23.3 Å². The van der Waals surface area contributed by atoms with E-state index in [0.29, 0.717) is 16.9 Å². The summed E-state index contributed by atoms with van der Waals surface area (Å²) in [5.74, 6) is -0.537. The number of carbonyl (C=O) groups is 2. The van der Waals surface area contributed by atoms with Gasteiger partial charge in [0.25, 0.3) is 15.9 Å². The molecule has 226 valence electrons. The van der Waals surface area contributed by atoms with Crippen molar-refractivity contribution in [2.24, 2.45) is 0 Å². The average molecular weight is 618 g/mol. The van der Waals surface area contributed by atoms with E-state index < -0.39 is 10.0 Å². The number of nitrogens with zero attached hydrogens (tertiary/aromatic N) is 3. The Kier molecular flexibility index (Phi) is 7.82. The standard InChI is InChI=1S/C35H31N5O4S/c1-39(2)31(41)22-37-35(42)25-16-14-23(15-17-25)29-21-36-34-33(32(29)24-10-6-4-7-11-24)28-20-26(18-19-30(28)38-34)40(3)45(43,44)27-12-8-5-9-13-27/h4-21H,22H2,1-3H3,(H,36,38)(H,37,42). The second-order valence-electron chi connectivity index (χ2n) is 10.8. The van der Waals surface area contributed by atoms with Crippen LogP contribution in [0.25, 0.3) is 44.2 Å². The van der Waals surface area contributed by atoms with Crippen LogP contribution in [0, 0.1) is 0 Å². The van der Waals surface area contributed by atoms with Crippen LogP contribution in [0.15, 0.2) is 114 Å². The first-order valence-corrected chi connectivity index (χ1v) is 15.7. The van der Waals surface area contributed by atoms with Crippen LogP contribution in [0.2, 0.25) is 0 Å². The maximum Gasteiger partial charge on any atom is 0.264 e. The Labute approximate surface area is 261 Å². The van der Waals surface area contributed by atoms with Crippen LogP contribution in [0.4, 0.5) is 5.69 Å². The summed E-state index contributed by atoms with van der Waals surface area (Å²) in [6, 6.07) is 31.0. The van der Waals surface area contributed by atoms with Gasteiger partial charge < -0.3 is 15.2 Å². The summed E-state index contributed by atoms with van der Waals surface area (Å²) >= 11 is 0. The number of benzene rings is 4. The Balaban J connectivity index is 1.46. The number of pyridine rings is 1. The highest BCUT2D eigenvalue weighted by Gasteiger charge is 2.23. The third kappa shape index (κ3) is 5.63. The number of anilines is 1. The molecule has 0 aliphatic heterocycles. The van der Waals surface area contributed by atoms with Gasteiger partial charge in [0.15, 0.2) is 0 Å². The first-order chi connectivity index (χ1) is 21.6. The second kappa shape index (κ2) is 11.9. The van der Waals surface area contributed by atoms with Crippen molar-refractivity contribution in [1.29, 1.82) is 0 Å². The van der Waals surface area contributed by atoms with Gasteiger partial charge >= 0.3 is 0 Å². The van der Waals surface area contributed by atoms with Crippen molar-refractivity contribution < 1.29 is 18.0 Å². The summed E-state index contributed by atoms with van der Waals surface area (Å²) in [4.78, 5) is 34.4. The monoisotopic (exact) mass is 617 g/mol. The minimum atomic E-state index is -3.78. The molecule has 0 radical (unpaired) electrons. The smallest absolute Gasteiger partial charge is 0.264 e. The summed E-state index contributed by atoms with van der Waals surface area (Å²) in [6.45, 7) is -0.0866. The van der Waals surface area contributed by atoms with E-state index >= 15 is 0 Å². The number of fused-ring (bicyclic) bond motifs is 3. The van der Waals surface area contributed by atoms with Crippen LogP contribution >= 0.6 is 0 Å². The van der Waals surface area contributed by atoms with Crippen LogP contribution in [0.3, 0.4) is 0 Å². The van der Waals surface area contributed by atoms with Gasteiger partial charge in [-0.15, -0.1) is 0 Å². The summed E-state index contributed by atoms with van der Waals surface area (Å²) in [7, 11) is 1.04. The SMILES string of the molecule is CN(C)C(=O)CNC(=O)c1ccc(-c2cnc3[nH]c4ccc(N(C)S(=O)(=O)c5ccccc5)cc4c3c2-c2ccccc2)cc1. The van der Waals surface area contributed by atoms with Gasteiger partial charge in [-0.3, -0.25) is 13.9 Å². The van der Waals surface area contributed by atoms with E-state index in [1.165, 1.54) is 9.21 Å². The Bertz CT molecular complexity index is 2140. The van der Waals surface area contributed by atoms with Crippen LogP contribution in [-0.2, 0) is 14.8 Å². The first kappa shape index (κ1) is 29.6. The number of sulfonamides is 1. The molecular formula is C35H31N5O4S. The Morgan fingerprint density at radius 1 is 0.822 bits per heavy atom. The normalized spacial score (nSPS) is 11.4. The minimum Gasteiger partial charge on any atom is -0.347 e. The Hall–Kier alpha value is -5.48. The molecule has 4 aromatic carbocycles. The molecule has 2 N–H and O–H groups in total. The minimum absolute atomic E-state index is 0.0866. The molecule has 45 heavy (non-hydrogen) atoms. The Morgan fingerprint density at radius 3 is 2.16 bits per heavy atom. The molecule has 0 bridgehead atoms. The highest BCUT2D eigenvalue weighted by molar-refractivity contribution is 7.92. The lowest BCUT2D eigenvalue weighted by Crippen LogP contribution is -2.36. The molecule has 10 heteroatoms. The number of aromatic amines is 1. The van der Waals surface area contributed by atoms with Crippen LogP contribution in [0.1, 0.15) is 10.4 Å². The van der Waals surface area contributed by atoms with Gasteiger partial charge in [0.05, 0.1) is 17.1 Å². The largest absolute Gasteiger partial charge is 0.347 e. The van der Waals surface area contributed by atoms with Gasteiger partial charge in [-0.05, 0) is 53.6 Å². The lowest BCUT2D eigenvalue weighted by molar-refractivity contribution is -0.127.